The lowest BCUT2D eigenvalue weighted by atomic mass is 9.99. The Labute approximate surface area is 219 Å². The average Bonchev–Trinajstić information content (AvgIpc) is 3.01. The van der Waals surface area contributed by atoms with E-state index in [1.54, 1.807) is 66.7 Å². The second-order valence-corrected chi connectivity index (χ2v) is 11.0. The van der Waals surface area contributed by atoms with E-state index < -0.39 is 15.3 Å². The van der Waals surface area contributed by atoms with Crippen LogP contribution < -0.4 is 14.9 Å². The molecule has 0 spiro atoms. The zero-order valence-corrected chi connectivity index (χ0v) is 22.0. The van der Waals surface area contributed by atoms with Crippen molar-refractivity contribution in [3.05, 3.63) is 106 Å². The largest absolute Gasteiger partial charge is 0.497 e. The summed E-state index contributed by atoms with van der Waals surface area (Å²) in [5, 5.41) is 2.17. The van der Waals surface area contributed by atoms with Crippen molar-refractivity contribution in [2.75, 3.05) is 14.2 Å². The number of aryl methyl sites for hydroxylation is 1. The third-order valence-electron chi connectivity index (χ3n) is 6.39. The molecule has 0 radical (unpaired) electrons. The Hall–Kier alpha value is -3.87. The molecule has 7 heteroatoms. The molecule has 5 rings (SSSR count). The van der Waals surface area contributed by atoms with Crippen LogP contribution in [0.5, 0.6) is 11.5 Å². The van der Waals surface area contributed by atoms with Gasteiger partial charge >= 0.3 is 0 Å². The van der Waals surface area contributed by atoms with Crippen molar-refractivity contribution in [1.29, 1.82) is 0 Å². The zero-order valence-electron chi connectivity index (χ0n) is 20.4. The first-order valence-corrected chi connectivity index (χ1v) is 13.3. The maximum absolute atomic E-state index is 14.3. The summed E-state index contributed by atoms with van der Waals surface area (Å²) in [7, 11) is -1.25. The van der Waals surface area contributed by atoms with Crippen molar-refractivity contribution in [2.24, 2.45) is 0 Å². The topological polar surface area (TPSA) is 69.7 Å². The molecule has 0 heterocycles. The van der Waals surface area contributed by atoms with Crippen LogP contribution in [0.15, 0.2) is 99.5 Å². The Bertz CT molecular complexity index is 1830. The SMILES string of the molecule is COc1cc(OC)c2c(-c3ccccc3)c(S(=O)(=O)c3ccc(C)cc3)c(=O)c3ccc(Cl)cc3c2c1. The Morgan fingerprint density at radius 1 is 0.757 bits per heavy atom. The summed E-state index contributed by atoms with van der Waals surface area (Å²) >= 11 is 6.38. The molecule has 0 bridgehead atoms. The van der Waals surface area contributed by atoms with Gasteiger partial charge in [-0.1, -0.05) is 59.6 Å². The highest BCUT2D eigenvalue weighted by atomic mass is 35.5. The van der Waals surface area contributed by atoms with Crippen LogP contribution in [-0.4, -0.2) is 22.6 Å². The van der Waals surface area contributed by atoms with Crippen molar-refractivity contribution in [3.8, 4) is 22.6 Å². The molecule has 0 N–H and O–H groups in total. The van der Waals surface area contributed by atoms with Gasteiger partial charge in [-0.05, 0) is 59.7 Å². The molecule has 0 fully saturated rings. The summed E-state index contributed by atoms with van der Waals surface area (Å²) in [4.78, 5) is 14.0. The van der Waals surface area contributed by atoms with Crippen LogP contribution in [-0.2, 0) is 9.84 Å². The molecule has 5 aromatic carbocycles. The lowest BCUT2D eigenvalue weighted by molar-refractivity contribution is 0.398. The fourth-order valence-corrected chi connectivity index (χ4v) is 6.34. The maximum Gasteiger partial charge on any atom is 0.211 e. The van der Waals surface area contributed by atoms with Crippen LogP contribution in [0.1, 0.15) is 5.56 Å². The van der Waals surface area contributed by atoms with Gasteiger partial charge < -0.3 is 9.47 Å². The van der Waals surface area contributed by atoms with E-state index >= 15 is 0 Å². The van der Waals surface area contributed by atoms with Gasteiger partial charge in [-0.25, -0.2) is 8.42 Å². The first kappa shape index (κ1) is 24.8. The van der Waals surface area contributed by atoms with Gasteiger partial charge in [0.15, 0.2) is 0 Å². The van der Waals surface area contributed by atoms with Gasteiger partial charge in [0.05, 0.1) is 19.1 Å². The smallest absolute Gasteiger partial charge is 0.211 e. The molecule has 0 atom stereocenters. The van der Waals surface area contributed by atoms with Crippen LogP contribution in [0.25, 0.3) is 32.7 Å². The Balaban J connectivity index is 2.16. The molecule has 0 amide bonds. The third-order valence-corrected chi connectivity index (χ3v) is 8.45. The van der Waals surface area contributed by atoms with E-state index in [0.717, 1.165) is 5.56 Å². The van der Waals surface area contributed by atoms with Crippen molar-refractivity contribution >= 4 is 43.0 Å². The van der Waals surface area contributed by atoms with Crippen LogP contribution in [0.4, 0.5) is 0 Å². The highest BCUT2D eigenvalue weighted by molar-refractivity contribution is 7.91. The summed E-state index contributed by atoms with van der Waals surface area (Å²) in [6.07, 6.45) is 0. The van der Waals surface area contributed by atoms with Crippen LogP contribution in [0.3, 0.4) is 0 Å². The van der Waals surface area contributed by atoms with Crippen molar-refractivity contribution in [2.45, 2.75) is 16.7 Å². The van der Waals surface area contributed by atoms with Gasteiger partial charge in [0.1, 0.15) is 16.4 Å². The first-order chi connectivity index (χ1) is 17.8. The van der Waals surface area contributed by atoms with E-state index in [9.17, 15) is 13.2 Å². The highest BCUT2D eigenvalue weighted by Gasteiger charge is 2.29. The summed E-state index contributed by atoms with van der Waals surface area (Å²) < 4.78 is 39.9. The van der Waals surface area contributed by atoms with Gasteiger partial charge in [0, 0.05) is 27.4 Å². The molecule has 5 aromatic rings. The second kappa shape index (κ2) is 9.54. The molecule has 0 aliphatic heterocycles. The summed E-state index contributed by atoms with van der Waals surface area (Å²) in [5.74, 6) is 0.858. The molecule has 186 valence electrons. The number of sulfone groups is 1. The first-order valence-electron chi connectivity index (χ1n) is 11.5. The van der Waals surface area contributed by atoms with E-state index in [0.29, 0.717) is 38.2 Å². The number of halogens is 1. The lowest BCUT2D eigenvalue weighted by Crippen LogP contribution is -2.15. The predicted molar refractivity (Wildman–Crippen MR) is 148 cm³/mol. The normalized spacial score (nSPS) is 11.6. The average molecular weight is 531 g/mol. The second-order valence-electron chi connectivity index (χ2n) is 8.66. The lowest BCUT2D eigenvalue weighted by Gasteiger charge is -2.14. The fourth-order valence-electron chi connectivity index (χ4n) is 4.60. The van der Waals surface area contributed by atoms with Crippen LogP contribution >= 0.6 is 11.6 Å². The Kier molecular flexibility index (Phi) is 6.40. The molecular formula is C30H23ClO5S. The predicted octanol–water partition coefficient (Wildman–Crippen LogP) is 6.83. The molecule has 0 aliphatic carbocycles. The van der Waals surface area contributed by atoms with E-state index in [4.69, 9.17) is 21.1 Å². The molecule has 37 heavy (non-hydrogen) atoms. The summed E-state index contributed by atoms with van der Waals surface area (Å²) in [6, 6.07) is 23.7. The van der Waals surface area contributed by atoms with E-state index in [1.165, 1.54) is 26.4 Å². The fraction of sp³-hybridized carbons (Fsp3) is 0.100. The minimum Gasteiger partial charge on any atom is -0.497 e. The highest BCUT2D eigenvalue weighted by Crippen LogP contribution is 2.43. The van der Waals surface area contributed by atoms with Gasteiger partial charge in [-0.3, -0.25) is 4.79 Å². The van der Waals surface area contributed by atoms with Crippen molar-refractivity contribution < 1.29 is 17.9 Å². The molecule has 0 aliphatic rings. The van der Waals surface area contributed by atoms with Crippen molar-refractivity contribution in [1.82, 2.24) is 0 Å². The number of hydrogen-bond acceptors (Lipinski definition) is 5. The number of ether oxygens (including phenoxy) is 2. The van der Waals surface area contributed by atoms with Crippen LogP contribution in [0.2, 0.25) is 5.02 Å². The Morgan fingerprint density at radius 2 is 1.46 bits per heavy atom. The maximum atomic E-state index is 14.3. The van der Waals surface area contributed by atoms with Crippen molar-refractivity contribution in [3.63, 3.8) is 0 Å². The number of benzene rings is 4. The van der Waals surface area contributed by atoms with E-state index in [2.05, 4.69) is 0 Å². The third kappa shape index (κ3) is 4.22. The van der Waals surface area contributed by atoms with E-state index in [-0.39, 0.29) is 20.7 Å². The molecule has 5 nitrogen and oxygen atoms in total. The van der Waals surface area contributed by atoms with E-state index in [1.807, 2.05) is 13.0 Å². The number of methoxy groups -OCH3 is 2. The minimum atomic E-state index is -4.27. The number of rotatable bonds is 5. The number of fused-ring (bicyclic) bond motifs is 3. The van der Waals surface area contributed by atoms with Gasteiger partial charge in [-0.2, -0.15) is 0 Å². The molecule has 0 saturated carbocycles. The number of hydrogen-bond donors (Lipinski definition) is 0. The van der Waals surface area contributed by atoms with Gasteiger partial charge in [-0.15, -0.1) is 0 Å². The van der Waals surface area contributed by atoms with Crippen LogP contribution in [0, 0.1) is 6.92 Å². The molecule has 0 aromatic heterocycles. The van der Waals surface area contributed by atoms with Gasteiger partial charge in [0.2, 0.25) is 15.3 Å². The molecular weight excluding hydrogens is 508 g/mol. The molecule has 0 unspecified atom stereocenters. The standard InChI is InChI=1S/C30H23ClO5S/c1-18-9-12-22(13-10-18)37(33,34)30-27(19-7-5-4-6-8-19)28-25(16-21(35-2)17-26(28)36-3)24-15-20(31)11-14-23(24)29(30)32/h4-17H,1-3H3. The molecule has 0 saturated heterocycles. The van der Waals surface area contributed by atoms with Gasteiger partial charge in [0.25, 0.3) is 0 Å². The summed E-state index contributed by atoms with van der Waals surface area (Å²) in [5.41, 5.74) is 1.10. The minimum absolute atomic E-state index is 0.0290. The zero-order chi connectivity index (χ0) is 26.3. The monoisotopic (exact) mass is 530 g/mol. The quantitative estimate of drug-likeness (QED) is 0.249. The Morgan fingerprint density at radius 3 is 2.11 bits per heavy atom. The summed E-state index contributed by atoms with van der Waals surface area (Å²) in [6.45, 7) is 1.87.